The summed E-state index contributed by atoms with van der Waals surface area (Å²) in [7, 11) is 0. The van der Waals surface area contributed by atoms with E-state index in [1.165, 1.54) is 0 Å². The van der Waals surface area contributed by atoms with Crippen molar-refractivity contribution < 1.29 is 0 Å². The van der Waals surface area contributed by atoms with Gasteiger partial charge < -0.3 is 5.73 Å². The number of fused-ring (bicyclic) bond motifs is 1. The van der Waals surface area contributed by atoms with Crippen LogP contribution in [0.4, 0.5) is 5.95 Å². The van der Waals surface area contributed by atoms with Gasteiger partial charge >= 0.3 is 0 Å². The van der Waals surface area contributed by atoms with E-state index in [0.29, 0.717) is 5.65 Å². The zero-order valence-electron chi connectivity index (χ0n) is 9.09. The average Bonchev–Trinajstić information content (AvgIpc) is 2.72. The minimum Gasteiger partial charge on any atom is -0.369 e. The number of imidazole rings is 1. The van der Waals surface area contributed by atoms with Crippen molar-refractivity contribution in [3.8, 4) is 5.69 Å². The largest absolute Gasteiger partial charge is 0.369 e. The third-order valence-corrected chi connectivity index (χ3v) is 3.18. The molecule has 90 valence electrons. The first kappa shape index (κ1) is 11.2. The highest BCUT2D eigenvalue weighted by Gasteiger charge is 2.10. The van der Waals surface area contributed by atoms with Crippen molar-refractivity contribution in [1.29, 1.82) is 0 Å². The molecule has 3 N–H and O–H groups in total. The number of nitrogens with two attached hydrogens (primary N) is 1. The molecule has 18 heavy (non-hydrogen) atoms. The highest BCUT2D eigenvalue weighted by Crippen LogP contribution is 2.16. The topological polar surface area (TPSA) is 89.6 Å². The van der Waals surface area contributed by atoms with Gasteiger partial charge in [-0.3, -0.25) is 14.3 Å². The summed E-state index contributed by atoms with van der Waals surface area (Å²) in [6, 6.07) is 7.81. The van der Waals surface area contributed by atoms with Crippen LogP contribution in [0, 0.1) is 3.57 Å². The quantitative estimate of drug-likeness (QED) is 0.646. The van der Waals surface area contributed by atoms with E-state index in [1.807, 2.05) is 24.3 Å². The van der Waals surface area contributed by atoms with E-state index >= 15 is 0 Å². The molecule has 0 spiro atoms. The molecule has 1 aromatic carbocycles. The maximum Gasteiger partial charge on any atom is 0.280 e. The Morgan fingerprint density at radius 2 is 2.22 bits per heavy atom. The number of hydrogen-bond donors (Lipinski definition) is 2. The molecule has 0 radical (unpaired) electrons. The number of aromatic amines is 1. The van der Waals surface area contributed by atoms with E-state index in [9.17, 15) is 4.79 Å². The Kier molecular flexibility index (Phi) is 2.54. The van der Waals surface area contributed by atoms with Crippen LogP contribution in [0.15, 0.2) is 35.4 Å². The predicted octanol–water partition coefficient (Wildman–Crippen LogP) is 1.30. The van der Waals surface area contributed by atoms with Crippen molar-refractivity contribution in [2.45, 2.75) is 0 Å². The second-order valence-electron chi connectivity index (χ2n) is 3.72. The van der Waals surface area contributed by atoms with Crippen LogP contribution in [0.1, 0.15) is 0 Å². The molecule has 0 saturated heterocycles. The molecule has 0 amide bonds. The molecule has 7 heteroatoms. The number of H-pyrrole nitrogens is 1. The van der Waals surface area contributed by atoms with Crippen molar-refractivity contribution >= 4 is 39.7 Å². The lowest BCUT2D eigenvalue weighted by atomic mass is 10.3. The van der Waals surface area contributed by atoms with Crippen LogP contribution >= 0.6 is 22.6 Å². The van der Waals surface area contributed by atoms with Crippen LogP contribution in [-0.4, -0.2) is 19.5 Å². The molecule has 3 aromatic rings. The van der Waals surface area contributed by atoms with Crippen LogP contribution < -0.4 is 11.3 Å². The molecule has 0 fully saturated rings. The van der Waals surface area contributed by atoms with Gasteiger partial charge in [-0.25, -0.2) is 4.98 Å². The summed E-state index contributed by atoms with van der Waals surface area (Å²) in [5, 5.41) is 0. The van der Waals surface area contributed by atoms with Gasteiger partial charge in [-0.2, -0.15) is 4.98 Å². The summed E-state index contributed by atoms with van der Waals surface area (Å²) in [6.07, 6.45) is 1.57. The molecular formula is C11H8IN5O. The maximum absolute atomic E-state index is 11.7. The van der Waals surface area contributed by atoms with Gasteiger partial charge in [0.15, 0.2) is 11.2 Å². The smallest absolute Gasteiger partial charge is 0.280 e. The van der Waals surface area contributed by atoms with E-state index < -0.39 is 0 Å². The van der Waals surface area contributed by atoms with E-state index in [-0.39, 0.29) is 17.0 Å². The van der Waals surface area contributed by atoms with Gasteiger partial charge in [0.1, 0.15) is 6.33 Å². The summed E-state index contributed by atoms with van der Waals surface area (Å²) in [6.45, 7) is 0. The Morgan fingerprint density at radius 3 is 3.00 bits per heavy atom. The fourth-order valence-corrected chi connectivity index (χ4v) is 2.27. The summed E-state index contributed by atoms with van der Waals surface area (Å²) >= 11 is 2.22. The van der Waals surface area contributed by atoms with Crippen LogP contribution in [0.5, 0.6) is 0 Å². The Bertz CT molecular complexity index is 791. The second-order valence-corrected chi connectivity index (χ2v) is 4.96. The first-order chi connectivity index (χ1) is 8.65. The van der Waals surface area contributed by atoms with E-state index in [4.69, 9.17) is 5.73 Å². The van der Waals surface area contributed by atoms with Crippen molar-refractivity contribution in [2.75, 3.05) is 5.73 Å². The van der Waals surface area contributed by atoms with Gasteiger partial charge in [-0.1, -0.05) is 6.07 Å². The van der Waals surface area contributed by atoms with Gasteiger partial charge in [0, 0.05) is 9.26 Å². The molecule has 0 aliphatic heterocycles. The van der Waals surface area contributed by atoms with Gasteiger partial charge in [0.2, 0.25) is 5.95 Å². The lowest BCUT2D eigenvalue weighted by molar-refractivity contribution is 1.06. The highest BCUT2D eigenvalue weighted by molar-refractivity contribution is 14.1. The number of nitrogens with zero attached hydrogens (tertiary/aromatic N) is 3. The molecule has 0 bridgehead atoms. The molecule has 2 aromatic heterocycles. The minimum absolute atomic E-state index is 0.0832. The van der Waals surface area contributed by atoms with Crippen molar-refractivity contribution in [2.24, 2.45) is 0 Å². The van der Waals surface area contributed by atoms with Crippen molar-refractivity contribution in [1.82, 2.24) is 19.5 Å². The van der Waals surface area contributed by atoms with Gasteiger partial charge in [0.25, 0.3) is 5.56 Å². The number of nitrogen functional groups attached to an aromatic ring is 1. The molecule has 0 unspecified atom stereocenters. The molecule has 0 aliphatic rings. The van der Waals surface area contributed by atoms with Crippen molar-refractivity contribution in [3.05, 3.63) is 44.5 Å². The SMILES string of the molecule is Nc1nc2c(ncn2-c2cccc(I)c2)c(=O)[nH]1. The second kappa shape index (κ2) is 4.09. The predicted molar refractivity (Wildman–Crippen MR) is 76.6 cm³/mol. The molecule has 0 atom stereocenters. The number of rotatable bonds is 1. The van der Waals surface area contributed by atoms with E-state index in [0.717, 1.165) is 9.26 Å². The number of nitrogens with one attached hydrogen (secondary N) is 1. The number of benzene rings is 1. The summed E-state index contributed by atoms with van der Waals surface area (Å²) in [5.41, 5.74) is 6.85. The first-order valence-corrected chi connectivity index (χ1v) is 6.22. The van der Waals surface area contributed by atoms with Crippen LogP contribution in [-0.2, 0) is 0 Å². The Hall–Kier alpha value is -1.90. The molecule has 2 heterocycles. The number of halogens is 1. The van der Waals surface area contributed by atoms with E-state index in [2.05, 4.69) is 37.5 Å². The molecular weight excluding hydrogens is 345 g/mol. The fraction of sp³-hybridized carbons (Fsp3) is 0. The Labute approximate surface area is 115 Å². The number of hydrogen-bond acceptors (Lipinski definition) is 4. The molecule has 0 saturated carbocycles. The lowest BCUT2D eigenvalue weighted by Crippen LogP contribution is -2.12. The maximum atomic E-state index is 11.7. The van der Waals surface area contributed by atoms with Gasteiger partial charge in [-0.05, 0) is 40.8 Å². The third kappa shape index (κ3) is 1.76. The molecule has 3 rings (SSSR count). The van der Waals surface area contributed by atoms with Crippen LogP contribution in [0.2, 0.25) is 0 Å². The van der Waals surface area contributed by atoms with Crippen LogP contribution in [0.25, 0.3) is 16.9 Å². The standard InChI is InChI=1S/C11H8IN5O/c12-6-2-1-3-7(4-6)17-5-14-8-9(17)15-11(13)16-10(8)18/h1-5H,(H3,13,15,16,18). The average molecular weight is 353 g/mol. The third-order valence-electron chi connectivity index (χ3n) is 2.51. The zero-order valence-corrected chi connectivity index (χ0v) is 11.2. The lowest BCUT2D eigenvalue weighted by Gasteiger charge is -2.03. The summed E-state index contributed by atoms with van der Waals surface area (Å²) in [5.74, 6) is 0.0832. The minimum atomic E-state index is -0.332. The highest BCUT2D eigenvalue weighted by atomic mass is 127. The summed E-state index contributed by atoms with van der Waals surface area (Å²) in [4.78, 5) is 22.3. The molecule has 0 aliphatic carbocycles. The Morgan fingerprint density at radius 1 is 1.39 bits per heavy atom. The summed E-state index contributed by atoms with van der Waals surface area (Å²) < 4.78 is 2.83. The first-order valence-electron chi connectivity index (χ1n) is 5.14. The van der Waals surface area contributed by atoms with Gasteiger partial charge in [-0.15, -0.1) is 0 Å². The normalized spacial score (nSPS) is 10.9. The van der Waals surface area contributed by atoms with Gasteiger partial charge in [0.05, 0.1) is 0 Å². The fourth-order valence-electron chi connectivity index (χ4n) is 1.74. The number of anilines is 1. The van der Waals surface area contributed by atoms with Crippen molar-refractivity contribution in [3.63, 3.8) is 0 Å². The van der Waals surface area contributed by atoms with Crippen LogP contribution in [0.3, 0.4) is 0 Å². The number of aromatic nitrogens is 4. The zero-order chi connectivity index (χ0) is 12.7. The molecule has 6 nitrogen and oxygen atoms in total. The van der Waals surface area contributed by atoms with E-state index in [1.54, 1.807) is 10.9 Å². The monoisotopic (exact) mass is 353 g/mol. The Balaban J connectivity index is 2.34.